The van der Waals surface area contributed by atoms with Crippen LogP contribution in [0.2, 0.25) is 0 Å². The second-order valence-electron chi connectivity index (χ2n) is 13.2. The summed E-state index contributed by atoms with van der Waals surface area (Å²) in [5.74, 6) is -1.61. The molecular weight excluding hydrogens is 533 g/mol. The molecule has 5 aliphatic rings. The third-order valence-corrected chi connectivity index (χ3v) is 10.5. The summed E-state index contributed by atoms with van der Waals surface area (Å²) >= 11 is 0. The van der Waals surface area contributed by atoms with Gasteiger partial charge in [-0.1, -0.05) is 56.7 Å². The molecular formula is C32H40F3N2O4+. The van der Waals surface area contributed by atoms with Gasteiger partial charge in [0.25, 0.3) is 5.91 Å². The zero-order valence-electron chi connectivity index (χ0n) is 24.1. The highest BCUT2D eigenvalue weighted by Crippen LogP contribution is 2.67. The van der Waals surface area contributed by atoms with E-state index in [0.717, 1.165) is 55.2 Å². The minimum Gasteiger partial charge on any atom is -0.506 e. The molecule has 3 fully saturated rings. The summed E-state index contributed by atoms with van der Waals surface area (Å²) in [7, 11) is 3.77. The maximum Gasteiger partial charge on any atom is 0.425 e. The number of methoxy groups -OCH3 is 1. The lowest BCUT2D eigenvalue weighted by Gasteiger charge is -2.62. The second-order valence-corrected chi connectivity index (χ2v) is 13.2. The van der Waals surface area contributed by atoms with Crippen LogP contribution in [0.1, 0.15) is 51.5 Å². The topological polar surface area (TPSA) is 67.8 Å². The molecule has 1 saturated carbocycles. The van der Waals surface area contributed by atoms with Crippen LogP contribution in [0.4, 0.5) is 13.2 Å². The number of amides is 1. The quantitative estimate of drug-likeness (QED) is 0.199. The molecule has 0 radical (unpaired) electrons. The highest BCUT2D eigenvalue weighted by molar-refractivity contribution is 6.01. The molecule has 1 spiro atoms. The van der Waals surface area contributed by atoms with E-state index in [1.54, 1.807) is 12.1 Å². The number of aliphatic hydroxyl groups excluding tert-OH is 1. The Bertz CT molecular complexity index is 1320. The van der Waals surface area contributed by atoms with Gasteiger partial charge in [0.05, 0.1) is 32.3 Å². The summed E-state index contributed by atoms with van der Waals surface area (Å²) in [6.45, 7) is 6.67. The fourth-order valence-electron chi connectivity index (χ4n) is 9.07. The van der Waals surface area contributed by atoms with Gasteiger partial charge in [-0.25, -0.2) is 0 Å². The number of hydrogen-bond donors (Lipinski definition) is 2. The van der Waals surface area contributed by atoms with Gasteiger partial charge in [0.15, 0.2) is 11.3 Å². The molecule has 6 nitrogen and oxygen atoms in total. The molecule has 1 aromatic rings. The van der Waals surface area contributed by atoms with Crippen LogP contribution in [0.3, 0.4) is 0 Å². The van der Waals surface area contributed by atoms with E-state index in [2.05, 4.69) is 26.2 Å². The van der Waals surface area contributed by atoms with Crippen LogP contribution < -0.4 is 5.32 Å². The molecule has 9 heteroatoms. The predicted octanol–water partition coefficient (Wildman–Crippen LogP) is 5.68. The third kappa shape index (κ3) is 4.21. The Morgan fingerprint density at radius 3 is 2.63 bits per heavy atom. The maximum absolute atomic E-state index is 14.3. The highest BCUT2D eigenvalue weighted by atomic mass is 19.4. The summed E-state index contributed by atoms with van der Waals surface area (Å²) in [6, 6.07) is 7.73. The number of nitrogens with one attached hydrogen (secondary N) is 1. The molecule has 2 heterocycles. The number of carbonyl (C=O) groups excluding carboxylic acids is 1. The number of ether oxygens (including phenoxy) is 2. The van der Waals surface area contributed by atoms with Crippen LogP contribution in [0, 0.1) is 17.3 Å². The summed E-state index contributed by atoms with van der Waals surface area (Å²) in [6.07, 6.45) is 2.52. The maximum atomic E-state index is 14.3. The molecule has 1 amide bonds. The average Bonchev–Trinajstić information content (AvgIpc) is 3.26. The largest absolute Gasteiger partial charge is 0.506 e. The van der Waals surface area contributed by atoms with E-state index >= 15 is 0 Å². The van der Waals surface area contributed by atoms with Crippen molar-refractivity contribution in [2.45, 2.75) is 76.1 Å². The first-order valence-electron chi connectivity index (χ1n) is 14.7. The van der Waals surface area contributed by atoms with Gasteiger partial charge in [-0.15, -0.1) is 0 Å². The van der Waals surface area contributed by atoms with Crippen LogP contribution in [-0.4, -0.2) is 72.9 Å². The normalized spacial score (nSPS) is 38.0. The van der Waals surface area contributed by atoms with Crippen molar-refractivity contribution in [3.05, 3.63) is 64.8 Å². The molecule has 3 aliphatic carbocycles. The van der Waals surface area contributed by atoms with Crippen molar-refractivity contribution in [2.75, 3.05) is 27.2 Å². The number of aliphatic hydroxyl groups is 1. The monoisotopic (exact) mass is 573 g/mol. The van der Waals surface area contributed by atoms with Crippen molar-refractivity contribution < 1.29 is 37.0 Å². The number of allylic oxidation sites excluding steroid dienone is 1. The van der Waals surface area contributed by atoms with Crippen molar-refractivity contribution in [2.24, 2.45) is 17.3 Å². The lowest BCUT2D eigenvalue weighted by Crippen LogP contribution is -2.69. The number of nitrogens with zero attached hydrogens (tertiary/aromatic N) is 1. The minimum absolute atomic E-state index is 0.0754. The fraction of sp³-hybridized carbons (Fsp3) is 0.594. The van der Waals surface area contributed by atoms with Crippen LogP contribution in [0.5, 0.6) is 0 Å². The highest BCUT2D eigenvalue weighted by Gasteiger charge is 2.71. The van der Waals surface area contributed by atoms with Crippen LogP contribution in [-0.2, 0) is 14.3 Å². The Hall–Kier alpha value is -2.62. The lowest BCUT2D eigenvalue weighted by atomic mass is 9.50. The van der Waals surface area contributed by atoms with Crippen molar-refractivity contribution in [1.29, 1.82) is 0 Å². The van der Waals surface area contributed by atoms with Gasteiger partial charge in [0.1, 0.15) is 11.9 Å². The van der Waals surface area contributed by atoms with Crippen molar-refractivity contribution >= 4 is 11.7 Å². The van der Waals surface area contributed by atoms with Crippen molar-refractivity contribution in [1.82, 2.24) is 5.32 Å². The standard InChI is InChI=1S/C32H39F3N2O4/c1-19(2)18-37(3)16-15-30-22-11-8-12-24(30)41-28-25(30)21(17-23(22)37)13-14-31(28,40-4)36-29(39)26(32(33,34)35)27(38)20-9-6-5-7-10-20/h5-7,9-10,13-14,19,22-24,28H,8,11-12,15-18H2,1-4H3,(H-,36,38,39)/p+1/t22-,23+,24-,28?,30+,31?,37?/m0/s1. The van der Waals surface area contributed by atoms with Gasteiger partial charge >= 0.3 is 6.18 Å². The Morgan fingerprint density at radius 2 is 1.98 bits per heavy atom. The molecule has 1 aromatic carbocycles. The number of alkyl halides is 3. The lowest BCUT2D eigenvalue weighted by molar-refractivity contribution is -0.948. The number of rotatable bonds is 6. The van der Waals surface area contributed by atoms with Gasteiger partial charge in [-0.05, 0) is 30.1 Å². The number of benzene rings is 1. The minimum atomic E-state index is -5.10. The third-order valence-electron chi connectivity index (χ3n) is 10.5. The second kappa shape index (κ2) is 9.71. The predicted molar refractivity (Wildman–Crippen MR) is 148 cm³/mol. The van der Waals surface area contributed by atoms with Gasteiger partial charge in [0.2, 0.25) is 0 Å². The first kappa shape index (κ1) is 28.5. The van der Waals surface area contributed by atoms with E-state index in [4.69, 9.17) is 9.47 Å². The van der Waals surface area contributed by atoms with Gasteiger partial charge in [0, 0.05) is 42.8 Å². The Kier molecular flexibility index (Phi) is 6.75. The average molecular weight is 574 g/mol. The SMILES string of the molecule is COC1(NC(=O)C(=C(O)c2ccccc2)C(F)(F)F)C=CC2=C3C1O[C@H]1CCC[C@H]4[C@@H](C2)[N+](C)(CC(C)C)CC[C@]314. The van der Waals surface area contributed by atoms with Crippen LogP contribution >= 0.6 is 0 Å². The van der Waals surface area contributed by atoms with E-state index < -0.39 is 35.2 Å². The molecule has 3 unspecified atom stereocenters. The fourth-order valence-corrected chi connectivity index (χ4v) is 9.07. The Balaban J connectivity index is 1.40. The van der Waals surface area contributed by atoms with E-state index in [0.29, 0.717) is 17.9 Å². The number of quaternary nitrogens is 1. The molecule has 2 aliphatic heterocycles. The zero-order valence-corrected chi connectivity index (χ0v) is 24.1. The van der Waals surface area contributed by atoms with Crippen molar-refractivity contribution in [3.8, 4) is 0 Å². The molecule has 222 valence electrons. The van der Waals surface area contributed by atoms with Crippen LogP contribution in [0.25, 0.3) is 5.76 Å². The van der Waals surface area contributed by atoms with E-state index in [1.807, 2.05) is 6.08 Å². The van der Waals surface area contributed by atoms with Gasteiger partial charge in [-0.2, -0.15) is 13.2 Å². The van der Waals surface area contributed by atoms with Gasteiger partial charge in [-0.3, -0.25) is 4.79 Å². The molecule has 7 atom stereocenters. The summed E-state index contributed by atoms with van der Waals surface area (Å²) < 4.78 is 56.5. The molecule has 2 bridgehead atoms. The molecule has 41 heavy (non-hydrogen) atoms. The Morgan fingerprint density at radius 1 is 1.24 bits per heavy atom. The van der Waals surface area contributed by atoms with E-state index in [-0.39, 0.29) is 17.1 Å². The molecule has 2 N–H and O–H groups in total. The number of halogens is 3. The first-order valence-corrected chi connectivity index (χ1v) is 14.7. The summed E-state index contributed by atoms with van der Waals surface area (Å²) in [4.78, 5) is 13.5. The smallest absolute Gasteiger partial charge is 0.425 e. The number of piperidine rings is 1. The molecule has 2 saturated heterocycles. The van der Waals surface area contributed by atoms with Crippen LogP contribution in [0.15, 0.2) is 59.2 Å². The molecule has 6 rings (SSSR count). The first-order chi connectivity index (χ1) is 19.4. The van der Waals surface area contributed by atoms with E-state index in [1.165, 1.54) is 36.9 Å². The number of hydrogen-bond acceptors (Lipinski definition) is 4. The van der Waals surface area contributed by atoms with Crippen molar-refractivity contribution in [3.63, 3.8) is 0 Å². The number of likely N-dealkylation sites (tertiary alicyclic amines) is 1. The van der Waals surface area contributed by atoms with E-state index in [9.17, 15) is 23.1 Å². The van der Waals surface area contributed by atoms with Gasteiger partial charge < -0.3 is 24.4 Å². The zero-order chi connectivity index (χ0) is 29.4. The Labute approximate surface area is 239 Å². The summed E-state index contributed by atoms with van der Waals surface area (Å²) in [5.41, 5.74) is -1.32. The number of carbonyl (C=O) groups is 1. The molecule has 0 aromatic heterocycles. The summed E-state index contributed by atoms with van der Waals surface area (Å²) in [5, 5.41) is 13.2.